The molecule has 0 amide bonds. The Labute approximate surface area is 104 Å². The molecule has 2 N–H and O–H groups in total. The van der Waals surface area contributed by atoms with Crippen LogP contribution >= 0.6 is 0 Å². The van der Waals surface area contributed by atoms with Crippen molar-refractivity contribution in [3.8, 4) is 0 Å². The van der Waals surface area contributed by atoms with Gasteiger partial charge in [0.05, 0.1) is 18.1 Å². The van der Waals surface area contributed by atoms with Gasteiger partial charge in [0.15, 0.2) is 0 Å². The van der Waals surface area contributed by atoms with Crippen molar-refractivity contribution in [2.75, 3.05) is 13.1 Å². The van der Waals surface area contributed by atoms with Crippen LogP contribution in [-0.4, -0.2) is 33.6 Å². The van der Waals surface area contributed by atoms with Crippen molar-refractivity contribution in [2.45, 2.75) is 51.7 Å². The number of likely N-dealkylation sites (tertiary alicyclic amines) is 1. The van der Waals surface area contributed by atoms with Crippen LogP contribution in [0.3, 0.4) is 0 Å². The molecule has 0 radical (unpaired) electrons. The lowest BCUT2D eigenvalue weighted by atomic mass is 9.94. The van der Waals surface area contributed by atoms with E-state index in [1.807, 2.05) is 12.5 Å². The van der Waals surface area contributed by atoms with Crippen LogP contribution in [0.5, 0.6) is 0 Å². The number of imidazole rings is 1. The maximum Gasteiger partial charge on any atom is 0.0951 e. The predicted molar refractivity (Wildman–Crippen MR) is 69.8 cm³/mol. The third-order valence-corrected chi connectivity index (χ3v) is 3.74. The summed E-state index contributed by atoms with van der Waals surface area (Å²) in [5.41, 5.74) is 7.59. The van der Waals surface area contributed by atoms with Gasteiger partial charge in [0.25, 0.3) is 0 Å². The summed E-state index contributed by atoms with van der Waals surface area (Å²) >= 11 is 0. The van der Waals surface area contributed by atoms with Crippen molar-refractivity contribution in [2.24, 2.45) is 5.73 Å². The summed E-state index contributed by atoms with van der Waals surface area (Å²) in [6.45, 7) is 8.80. The molecule has 0 saturated carbocycles. The molecule has 1 aliphatic heterocycles. The molecule has 2 atom stereocenters. The minimum atomic E-state index is 0.234. The average Bonchev–Trinajstić information content (AvgIpc) is 2.77. The fourth-order valence-electron chi connectivity index (χ4n) is 2.83. The summed E-state index contributed by atoms with van der Waals surface area (Å²) in [4.78, 5) is 6.78. The second kappa shape index (κ2) is 5.19. The number of nitrogens with zero attached hydrogens (tertiary/aromatic N) is 3. The van der Waals surface area contributed by atoms with Crippen LogP contribution in [0.15, 0.2) is 12.5 Å². The minimum Gasteiger partial charge on any atom is -0.331 e. The van der Waals surface area contributed by atoms with Crippen LogP contribution in [0, 0.1) is 0 Å². The highest BCUT2D eigenvalue weighted by Crippen LogP contribution is 2.30. The van der Waals surface area contributed by atoms with Crippen molar-refractivity contribution in [1.29, 1.82) is 0 Å². The Morgan fingerprint density at radius 3 is 2.94 bits per heavy atom. The SMILES string of the molecule is CCN1CCCC(N)C1c1cncn1C(C)C. The molecule has 4 heteroatoms. The van der Waals surface area contributed by atoms with E-state index in [4.69, 9.17) is 5.73 Å². The van der Waals surface area contributed by atoms with E-state index in [2.05, 4.69) is 35.2 Å². The lowest BCUT2D eigenvalue weighted by Gasteiger charge is -2.39. The quantitative estimate of drug-likeness (QED) is 0.872. The normalized spacial score (nSPS) is 26.6. The highest BCUT2D eigenvalue weighted by atomic mass is 15.2. The summed E-state index contributed by atoms with van der Waals surface area (Å²) in [5, 5.41) is 0. The molecule has 17 heavy (non-hydrogen) atoms. The summed E-state index contributed by atoms with van der Waals surface area (Å²) in [6, 6.07) is 1.01. The molecule has 4 nitrogen and oxygen atoms in total. The maximum absolute atomic E-state index is 6.32. The monoisotopic (exact) mass is 236 g/mol. The van der Waals surface area contributed by atoms with Gasteiger partial charge in [0.2, 0.25) is 0 Å². The van der Waals surface area contributed by atoms with E-state index in [1.54, 1.807) is 0 Å². The molecule has 2 heterocycles. The Bertz CT molecular complexity index is 358. The zero-order valence-corrected chi connectivity index (χ0v) is 11.1. The zero-order valence-electron chi connectivity index (χ0n) is 11.1. The van der Waals surface area contributed by atoms with E-state index in [0.29, 0.717) is 12.1 Å². The molecule has 1 saturated heterocycles. The Balaban J connectivity index is 2.31. The molecule has 1 aromatic heterocycles. The number of nitrogens with two attached hydrogens (primary N) is 1. The van der Waals surface area contributed by atoms with Gasteiger partial charge in [-0.05, 0) is 39.8 Å². The number of aromatic nitrogens is 2. The standard InChI is InChI=1S/C13H24N4/c1-4-16-7-5-6-11(14)13(16)12-8-15-9-17(12)10(2)3/h8-11,13H,4-7,14H2,1-3H3. The van der Waals surface area contributed by atoms with Crippen LogP contribution < -0.4 is 5.73 Å². The predicted octanol–water partition coefficient (Wildman–Crippen LogP) is 1.95. The van der Waals surface area contributed by atoms with Crippen LogP contribution in [0.2, 0.25) is 0 Å². The molecule has 2 rings (SSSR count). The van der Waals surface area contributed by atoms with E-state index >= 15 is 0 Å². The third kappa shape index (κ3) is 2.38. The maximum atomic E-state index is 6.32. The molecule has 1 aliphatic rings. The first-order chi connectivity index (χ1) is 8.15. The topological polar surface area (TPSA) is 47.1 Å². The first kappa shape index (κ1) is 12.6. The molecule has 0 spiro atoms. The number of hydrogen-bond donors (Lipinski definition) is 1. The summed E-state index contributed by atoms with van der Waals surface area (Å²) < 4.78 is 2.25. The molecule has 0 aromatic carbocycles. The van der Waals surface area contributed by atoms with Crippen molar-refractivity contribution < 1.29 is 0 Å². The Morgan fingerprint density at radius 2 is 2.29 bits per heavy atom. The first-order valence-corrected chi connectivity index (χ1v) is 6.66. The fourth-order valence-corrected chi connectivity index (χ4v) is 2.83. The Morgan fingerprint density at radius 1 is 1.53 bits per heavy atom. The van der Waals surface area contributed by atoms with Crippen molar-refractivity contribution in [3.05, 3.63) is 18.2 Å². The van der Waals surface area contributed by atoms with Gasteiger partial charge in [-0.15, -0.1) is 0 Å². The van der Waals surface area contributed by atoms with Gasteiger partial charge in [-0.25, -0.2) is 4.98 Å². The van der Waals surface area contributed by atoms with Crippen LogP contribution in [0.25, 0.3) is 0 Å². The molecular weight excluding hydrogens is 212 g/mol. The largest absolute Gasteiger partial charge is 0.331 e. The lowest BCUT2D eigenvalue weighted by molar-refractivity contribution is 0.128. The molecule has 1 fully saturated rings. The number of hydrogen-bond acceptors (Lipinski definition) is 3. The Hall–Kier alpha value is -0.870. The first-order valence-electron chi connectivity index (χ1n) is 6.66. The lowest BCUT2D eigenvalue weighted by Crippen LogP contribution is -2.46. The van der Waals surface area contributed by atoms with Gasteiger partial charge in [0, 0.05) is 18.3 Å². The number of likely N-dealkylation sites (N-methyl/N-ethyl adjacent to an activating group) is 1. The van der Waals surface area contributed by atoms with Crippen LogP contribution in [0.4, 0.5) is 0 Å². The molecule has 2 unspecified atom stereocenters. The van der Waals surface area contributed by atoms with Gasteiger partial charge >= 0.3 is 0 Å². The second-order valence-electron chi connectivity index (χ2n) is 5.20. The Kier molecular flexibility index (Phi) is 3.84. The van der Waals surface area contributed by atoms with Gasteiger partial charge in [-0.2, -0.15) is 0 Å². The zero-order chi connectivity index (χ0) is 12.4. The van der Waals surface area contributed by atoms with E-state index in [9.17, 15) is 0 Å². The molecule has 0 bridgehead atoms. The summed E-state index contributed by atoms with van der Waals surface area (Å²) in [5.74, 6) is 0. The highest BCUT2D eigenvalue weighted by molar-refractivity contribution is 5.11. The van der Waals surface area contributed by atoms with Gasteiger partial charge in [-0.3, -0.25) is 4.90 Å². The van der Waals surface area contributed by atoms with E-state index < -0.39 is 0 Å². The van der Waals surface area contributed by atoms with Crippen molar-refractivity contribution in [3.63, 3.8) is 0 Å². The van der Waals surface area contributed by atoms with Gasteiger partial charge in [0.1, 0.15) is 0 Å². The molecular formula is C13H24N4. The summed E-state index contributed by atoms with van der Waals surface area (Å²) in [6.07, 6.45) is 6.24. The van der Waals surface area contributed by atoms with Gasteiger partial charge < -0.3 is 10.3 Å². The number of rotatable bonds is 3. The van der Waals surface area contributed by atoms with Crippen molar-refractivity contribution >= 4 is 0 Å². The fraction of sp³-hybridized carbons (Fsp3) is 0.769. The van der Waals surface area contributed by atoms with E-state index in [0.717, 1.165) is 19.5 Å². The average molecular weight is 236 g/mol. The van der Waals surface area contributed by atoms with Crippen LogP contribution in [0.1, 0.15) is 51.4 Å². The van der Waals surface area contributed by atoms with Crippen molar-refractivity contribution in [1.82, 2.24) is 14.5 Å². The van der Waals surface area contributed by atoms with Gasteiger partial charge in [-0.1, -0.05) is 6.92 Å². The summed E-state index contributed by atoms with van der Waals surface area (Å²) in [7, 11) is 0. The third-order valence-electron chi connectivity index (χ3n) is 3.74. The second-order valence-corrected chi connectivity index (χ2v) is 5.20. The molecule has 0 aliphatic carbocycles. The molecule has 96 valence electrons. The highest BCUT2D eigenvalue weighted by Gasteiger charge is 2.31. The number of piperidine rings is 1. The smallest absolute Gasteiger partial charge is 0.0951 e. The van der Waals surface area contributed by atoms with Crippen LogP contribution in [-0.2, 0) is 0 Å². The molecule has 1 aromatic rings. The van der Waals surface area contributed by atoms with E-state index in [1.165, 1.54) is 12.1 Å². The minimum absolute atomic E-state index is 0.234. The van der Waals surface area contributed by atoms with E-state index in [-0.39, 0.29) is 6.04 Å².